The first-order valence-corrected chi connectivity index (χ1v) is 5.21. The van der Waals surface area contributed by atoms with E-state index in [0.717, 1.165) is 13.0 Å². The van der Waals surface area contributed by atoms with Crippen LogP contribution in [-0.2, 0) is 4.74 Å². The minimum atomic E-state index is 0.103. The van der Waals surface area contributed by atoms with Crippen LogP contribution in [0, 0.1) is 0 Å². The van der Waals surface area contributed by atoms with Crippen molar-refractivity contribution in [2.45, 2.75) is 12.5 Å². The zero-order valence-electron chi connectivity index (χ0n) is 7.50. The topological polar surface area (TPSA) is 18.5 Å². The lowest BCUT2D eigenvalue weighted by Crippen LogP contribution is -2.15. The number of hydrogen-bond acceptors (Lipinski definition) is 2. The van der Waals surface area contributed by atoms with Gasteiger partial charge in [0, 0.05) is 17.5 Å². The molecule has 0 radical (unpaired) electrons. The van der Waals surface area contributed by atoms with Crippen molar-refractivity contribution in [3.05, 3.63) is 28.2 Å². The fraction of sp³-hybridized carbons (Fsp3) is 0.400. The molecule has 4 heteroatoms. The zero-order valence-corrected chi connectivity index (χ0v) is 9.02. The van der Waals surface area contributed by atoms with Crippen LogP contribution in [0.1, 0.15) is 6.42 Å². The highest BCUT2D eigenvalue weighted by Crippen LogP contribution is 2.29. The molecule has 1 saturated heterocycles. The van der Waals surface area contributed by atoms with Crippen LogP contribution in [-0.4, -0.2) is 19.3 Å². The van der Waals surface area contributed by atoms with E-state index in [4.69, 9.17) is 32.7 Å². The molecule has 2 nitrogen and oxygen atoms in total. The highest BCUT2D eigenvalue weighted by molar-refractivity contribution is 6.34. The van der Waals surface area contributed by atoms with Crippen LogP contribution >= 0.6 is 23.2 Å². The third kappa shape index (κ3) is 2.32. The van der Waals surface area contributed by atoms with Gasteiger partial charge in [-0.05, 0) is 12.1 Å². The zero-order chi connectivity index (χ0) is 9.97. The van der Waals surface area contributed by atoms with Gasteiger partial charge in [-0.25, -0.2) is 0 Å². The predicted molar refractivity (Wildman–Crippen MR) is 56.3 cm³/mol. The molecule has 0 aliphatic carbocycles. The van der Waals surface area contributed by atoms with E-state index in [0.29, 0.717) is 22.4 Å². The molecule has 0 amide bonds. The van der Waals surface area contributed by atoms with E-state index in [1.165, 1.54) is 0 Å². The summed E-state index contributed by atoms with van der Waals surface area (Å²) in [5.41, 5.74) is 0. The van der Waals surface area contributed by atoms with Gasteiger partial charge in [-0.15, -0.1) is 0 Å². The van der Waals surface area contributed by atoms with Crippen molar-refractivity contribution >= 4 is 23.2 Å². The van der Waals surface area contributed by atoms with Crippen LogP contribution in [0.25, 0.3) is 0 Å². The summed E-state index contributed by atoms with van der Waals surface area (Å²) < 4.78 is 10.8. The summed E-state index contributed by atoms with van der Waals surface area (Å²) in [6.45, 7) is 1.38. The number of benzene rings is 1. The Hall–Kier alpha value is -0.440. The molecule has 1 aliphatic rings. The molecule has 0 bridgehead atoms. The molecular weight excluding hydrogens is 223 g/mol. The fourth-order valence-corrected chi connectivity index (χ4v) is 1.68. The molecule has 2 rings (SSSR count). The van der Waals surface area contributed by atoms with Crippen molar-refractivity contribution in [2.24, 2.45) is 0 Å². The van der Waals surface area contributed by atoms with Crippen LogP contribution in [0.3, 0.4) is 0 Å². The molecule has 0 N–H and O–H groups in total. The monoisotopic (exact) mass is 232 g/mol. The highest BCUT2D eigenvalue weighted by Gasteiger charge is 2.18. The number of hydrogen-bond donors (Lipinski definition) is 0. The van der Waals surface area contributed by atoms with Gasteiger partial charge in [-0.3, -0.25) is 0 Å². The van der Waals surface area contributed by atoms with Gasteiger partial charge in [-0.1, -0.05) is 23.2 Å². The summed E-state index contributed by atoms with van der Waals surface area (Å²) in [5, 5.41) is 1.21. The molecular formula is C10H10Cl2O2. The molecule has 1 aromatic carbocycles. The molecule has 1 aromatic rings. The normalized spacial score (nSPS) is 21.1. The molecule has 1 unspecified atom stereocenters. The first-order chi connectivity index (χ1) is 6.75. The Kier molecular flexibility index (Phi) is 3.16. The summed E-state index contributed by atoms with van der Waals surface area (Å²) in [6.07, 6.45) is 1.01. The smallest absolute Gasteiger partial charge is 0.139 e. The summed E-state index contributed by atoms with van der Waals surface area (Å²) in [6, 6.07) is 5.19. The van der Waals surface area contributed by atoms with Crippen molar-refractivity contribution < 1.29 is 9.47 Å². The Morgan fingerprint density at radius 2 is 2.21 bits per heavy atom. The van der Waals surface area contributed by atoms with E-state index >= 15 is 0 Å². The van der Waals surface area contributed by atoms with Gasteiger partial charge in [0.1, 0.15) is 11.9 Å². The second-order valence-electron chi connectivity index (χ2n) is 3.18. The van der Waals surface area contributed by atoms with Crippen LogP contribution in [0.5, 0.6) is 5.75 Å². The Balaban J connectivity index is 2.10. The summed E-state index contributed by atoms with van der Waals surface area (Å²) in [5.74, 6) is 0.634. The van der Waals surface area contributed by atoms with Gasteiger partial charge in [0.05, 0.1) is 18.2 Å². The van der Waals surface area contributed by atoms with Gasteiger partial charge in [0.15, 0.2) is 0 Å². The molecule has 14 heavy (non-hydrogen) atoms. The van der Waals surface area contributed by atoms with Crippen molar-refractivity contribution in [3.63, 3.8) is 0 Å². The van der Waals surface area contributed by atoms with E-state index < -0.39 is 0 Å². The quantitative estimate of drug-likeness (QED) is 0.781. The van der Waals surface area contributed by atoms with Gasteiger partial charge in [0.25, 0.3) is 0 Å². The van der Waals surface area contributed by atoms with Gasteiger partial charge < -0.3 is 9.47 Å². The fourth-order valence-electron chi connectivity index (χ4n) is 1.35. The van der Waals surface area contributed by atoms with E-state index in [9.17, 15) is 0 Å². The van der Waals surface area contributed by atoms with Crippen LogP contribution < -0.4 is 4.74 Å². The molecule has 0 aromatic heterocycles. The second-order valence-corrected chi connectivity index (χ2v) is 4.02. The number of ether oxygens (including phenoxy) is 2. The predicted octanol–water partition coefficient (Wildman–Crippen LogP) is 3.16. The molecule has 0 saturated carbocycles. The van der Waals surface area contributed by atoms with E-state index in [1.54, 1.807) is 18.2 Å². The third-order valence-corrected chi connectivity index (χ3v) is 2.62. The van der Waals surface area contributed by atoms with Crippen molar-refractivity contribution in [1.29, 1.82) is 0 Å². The Bertz CT molecular complexity index is 322. The van der Waals surface area contributed by atoms with Crippen LogP contribution in [0.2, 0.25) is 10.0 Å². The molecule has 1 fully saturated rings. The maximum atomic E-state index is 5.95. The van der Waals surface area contributed by atoms with E-state index in [-0.39, 0.29) is 6.10 Å². The molecule has 1 aliphatic heterocycles. The highest BCUT2D eigenvalue weighted by atomic mass is 35.5. The molecule has 0 spiro atoms. The first kappa shape index (κ1) is 10.1. The first-order valence-electron chi connectivity index (χ1n) is 4.45. The minimum Gasteiger partial charge on any atom is -0.486 e. The lowest BCUT2D eigenvalue weighted by molar-refractivity contribution is 0.141. The summed E-state index contributed by atoms with van der Waals surface area (Å²) in [4.78, 5) is 0. The second kappa shape index (κ2) is 4.39. The van der Waals surface area contributed by atoms with Crippen LogP contribution in [0.4, 0.5) is 0 Å². The third-order valence-electron chi connectivity index (χ3n) is 2.07. The maximum Gasteiger partial charge on any atom is 0.139 e. The van der Waals surface area contributed by atoms with Gasteiger partial charge >= 0.3 is 0 Å². The van der Waals surface area contributed by atoms with Gasteiger partial charge in [0.2, 0.25) is 0 Å². The minimum absolute atomic E-state index is 0.103. The SMILES string of the molecule is Clc1ccc(Cl)c(OC2CCOC2)c1. The van der Waals surface area contributed by atoms with Crippen LogP contribution in [0.15, 0.2) is 18.2 Å². The number of halogens is 2. The molecule has 1 atom stereocenters. The average Bonchev–Trinajstić information content (AvgIpc) is 2.64. The lowest BCUT2D eigenvalue weighted by atomic mass is 10.3. The molecule has 76 valence electrons. The lowest BCUT2D eigenvalue weighted by Gasteiger charge is -2.13. The van der Waals surface area contributed by atoms with Crippen molar-refractivity contribution in [1.82, 2.24) is 0 Å². The van der Waals surface area contributed by atoms with Gasteiger partial charge in [-0.2, -0.15) is 0 Å². The van der Waals surface area contributed by atoms with E-state index in [1.807, 2.05) is 0 Å². The maximum absolute atomic E-state index is 5.95. The number of rotatable bonds is 2. The molecule has 1 heterocycles. The summed E-state index contributed by atoms with van der Waals surface area (Å²) >= 11 is 11.8. The standard InChI is InChI=1S/C10H10Cl2O2/c11-7-1-2-9(12)10(5-7)14-8-3-4-13-6-8/h1-2,5,8H,3-4,6H2. The Morgan fingerprint density at radius 1 is 1.36 bits per heavy atom. The Labute approximate surface area is 92.7 Å². The largest absolute Gasteiger partial charge is 0.486 e. The van der Waals surface area contributed by atoms with Crippen molar-refractivity contribution in [3.8, 4) is 5.75 Å². The van der Waals surface area contributed by atoms with E-state index in [2.05, 4.69) is 0 Å². The van der Waals surface area contributed by atoms with Crippen molar-refractivity contribution in [2.75, 3.05) is 13.2 Å². The summed E-state index contributed by atoms with van der Waals surface area (Å²) in [7, 11) is 0. The Morgan fingerprint density at radius 3 is 2.93 bits per heavy atom. The average molecular weight is 233 g/mol.